The number of rotatable bonds is 0. The van der Waals surface area contributed by atoms with Crippen LogP contribution in [-0.4, -0.2) is 41.5 Å². The van der Waals surface area contributed by atoms with Gasteiger partial charge in [0.25, 0.3) is 0 Å². The van der Waals surface area contributed by atoms with Crippen LogP contribution in [0.25, 0.3) is 0 Å². The lowest BCUT2D eigenvalue weighted by atomic mass is 9.93. The molecule has 2 atom stereocenters. The number of amides is 1. The number of nitrogens with two attached hydrogens (primary N) is 1. The van der Waals surface area contributed by atoms with Gasteiger partial charge in [-0.3, -0.25) is 4.79 Å². The van der Waals surface area contributed by atoms with Crippen LogP contribution in [0, 0.1) is 5.41 Å². The van der Waals surface area contributed by atoms with E-state index in [1.54, 1.807) is 4.90 Å². The normalized spacial score (nSPS) is 32.8. The summed E-state index contributed by atoms with van der Waals surface area (Å²) in [5, 5.41) is 0. The molecular weight excluding hydrogens is 220 g/mol. The predicted octanol–water partition coefficient (Wildman–Crippen LogP) is 0.914. The van der Waals surface area contributed by atoms with E-state index in [9.17, 15) is 9.59 Å². The van der Waals surface area contributed by atoms with Crippen LogP contribution >= 0.6 is 0 Å². The smallest absolute Gasteiger partial charge is 0.410 e. The first-order valence-electron chi connectivity index (χ1n) is 6.01. The van der Waals surface area contributed by atoms with Gasteiger partial charge in [-0.2, -0.15) is 0 Å². The van der Waals surface area contributed by atoms with E-state index in [1.165, 1.54) is 0 Å². The van der Waals surface area contributed by atoms with Crippen LogP contribution in [0.15, 0.2) is 0 Å². The molecule has 1 saturated heterocycles. The van der Waals surface area contributed by atoms with Crippen molar-refractivity contribution in [1.29, 1.82) is 0 Å². The van der Waals surface area contributed by atoms with Crippen LogP contribution in [0.2, 0.25) is 0 Å². The SMILES string of the molecule is CC(C)(C)OC(=O)N1CCC(=O)C2(CC2N)C1. The summed E-state index contributed by atoms with van der Waals surface area (Å²) < 4.78 is 5.30. The third-order valence-electron chi connectivity index (χ3n) is 3.42. The second kappa shape index (κ2) is 3.70. The van der Waals surface area contributed by atoms with Gasteiger partial charge >= 0.3 is 6.09 Å². The minimum atomic E-state index is -0.503. The van der Waals surface area contributed by atoms with Gasteiger partial charge in [0.05, 0.1) is 5.41 Å². The van der Waals surface area contributed by atoms with E-state index < -0.39 is 11.0 Å². The largest absolute Gasteiger partial charge is 0.444 e. The van der Waals surface area contributed by atoms with Crippen molar-refractivity contribution in [2.45, 2.75) is 45.3 Å². The first-order chi connectivity index (χ1) is 7.74. The topological polar surface area (TPSA) is 72.6 Å². The Morgan fingerprint density at radius 2 is 2.12 bits per heavy atom. The van der Waals surface area contributed by atoms with Crippen molar-refractivity contribution < 1.29 is 14.3 Å². The van der Waals surface area contributed by atoms with Gasteiger partial charge in [-0.15, -0.1) is 0 Å². The molecule has 1 saturated carbocycles. The van der Waals surface area contributed by atoms with Gasteiger partial charge in [0.15, 0.2) is 0 Å². The number of ether oxygens (including phenoxy) is 1. The molecule has 2 N–H and O–H groups in total. The van der Waals surface area contributed by atoms with Gasteiger partial charge in [0.2, 0.25) is 0 Å². The number of piperidine rings is 1. The monoisotopic (exact) mass is 240 g/mol. The number of hydrogen-bond acceptors (Lipinski definition) is 4. The molecule has 1 heterocycles. The highest BCUT2D eigenvalue weighted by molar-refractivity contribution is 5.91. The zero-order chi connectivity index (χ0) is 12.8. The Labute approximate surface area is 101 Å². The molecule has 0 aromatic rings. The number of carbonyl (C=O) groups is 2. The molecule has 1 aliphatic heterocycles. The van der Waals surface area contributed by atoms with Crippen molar-refractivity contribution in [1.82, 2.24) is 4.90 Å². The third-order valence-corrected chi connectivity index (χ3v) is 3.42. The molecule has 1 amide bonds. The summed E-state index contributed by atoms with van der Waals surface area (Å²) in [5.41, 5.74) is 4.85. The van der Waals surface area contributed by atoms with Crippen LogP contribution in [0.5, 0.6) is 0 Å². The fourth-order valence-electron chi connectivity index (χ4n) is 2.31. The lowest BCUT2D eigenvalue weighted by molar-refractivity contribution is -0.127. The van der Waals surface area contributed by atoms with Crippen LogP contribution in [0.4, 0.5) is 4.79 Å². The Bertz CT molecular complexity index is 361. The number of Topliss-reactive ketones (excluding diaryl/α,β-unsaturated/α-hetero) is 1. The number of hydrogen-bond donors (Lipinski definition) is 1. The highest BCUT2D eigenvalue weighted by atomic mass is 16.6. The molecule has 2 unspecified atom stereocenters. The van der Waals surface area contributed by atoms with Crippen LogP contribution in [-0.2, 0) is 9.53 Å². The lowest BCUT2D eigenvalue weighted by Crippen LogP contribution is -2.49. The zero-order valence-electron chi connectivity index (χ0n) is 10.7. The number of likely N-dealkylation sites (tertiary alicyclic amines) is 1. The molecule has 5 nitrogen and oxygen atoms in total. The lowest BCUT2D eigenvalue weighted by Gasteiger charge is -2.33. The average molecular weight is 240 g/mol. The minimum Gasteiger partial charge on any atom is -0.444 e. The maximum atomic E-state index is 11.9. The highest BCUT2D eigenvalue weighted by Crippen LogP contribution is 2.48. The Kier molecular flexibility index (Phi) is 2.69. The molecule has 0 aromatic carbocycles. The molecule has 5 heteroatoms. The van der Waals surface area contributed by atoms with E-state index in [0.717, 1.165) is 0 Å². The minimum absolute atomic E-state index is 0.0831. The third kappa shape index (κ3) is 2.29. The van der Waals surface area contributed by atoms with E-state index in [0.29, 0.717) is 25.9 Å². The molecule has 2 aliphatic rings. The van der Waals surface area contributed by atoms with Gasteiger partial charge < -0.3 is 15.4 Å². The zero-order valence-corrected chi connectivity index (χ0v) is 10.7. The second-order valence-corrected chi connectivity index (χ2v) is 6.04. The van der Waals surface area contributed by atoms with E-state index in [2.05, 4.69) is 0 Å². The predicted molar refractivity (Wildman–Crippen MR) is 62.5 cm³/mol. The first-order valence-corrected chi connectivity index (χ1v) is 6.01. The van der Waals surface area contributed by atoms with E-state index in [1.807, 2.05) is 20.8 Å². The summed E-state index contributed by atoms with van der Waals surface area (Å²) in [6.45, 7) is 6.36. The van der Waals surface area contributed by atoms with Gasteiger partial charge in [0.1, 0.15) is 11.4 Å². The van der Waals surface area contributed by atoms with Crippen molar-refractivity contribution >= 4 is 11.9 Å². The Balaban J connectivity index is 2.00. The van der Waals surface area contributed by atoms with Crippen LogP contribution in [0.1, 0.15) is 33.6 Å². The summed E-state index contributed by atoms with van der Waals surface area (Å²) in [6.07, 6.45) is 0.751. The summed E-state index contributed by atoms with van der Waals surface area (Å²) >= 11 is 0. The van der Waals surface area contributed by atoms with Crippen LogP contribution in [0.3, 0.4) is 0 Å². The summed E-state index contributed by atoms with van der Waals surface area (Å²) in [7, 11) is 0. The fraction of sp³-hybridized carbons (Fsp3) is 0.833. The van der Waals surface area contributed by atoms with Crippen molar-refractivity contribution in [3.8, 4) is 0 Å². The molecular formula is C12H20N2O3. The molecule has 17 heavy (non-hydrogen) atoms. The standard InChI is InChI=1S/C12H20N2O3/c1-11(2,3)17-10(16)14-5-4-9(15)12(7-14)6-8(12)13/h8H,4-7,13H2,1-3H3. The number of nitrogens with zero attached hydrogens (tertiary/aromatic N) is 1. The maximum absolute atomic E-state index is 11.9. The van der Waals surface area contributed by atoms with Crippen LogP contribution < -0.4 is 5.73 Å². The quantitative estimate of drug-likeness (QED) is 0.683. The summed E-state index contributed by atoms with van der Waals surface area (Å²) in [5.74, 6) is 0.199. The van der Waals surface area contributed by atoms with E-state index in [4.69, 9.17) is 10.5 Å². The first kappa shape index (κ1) is 12.4. The average Bonchev–Trinajstić information content (AvgIpc) is 2.80. The molecule has 1 aliphatic carbocycles. The fourth-order valence-corrected chi connectivity index (χ4v) is 2.31. The van der Waals surface area contributed by atoms with Gasteiger partial charge in [-0.05, 0) is 27.2 Å². The molecule has 2 fully saturated rings. The second-order valence-electron chi connectivity index (χ2n) is 6.04. The summed E-state index contributed by atoms with van der Waals surface area (Å²) in [4.78, 5) is 25.3. The molecule has 1 spiro atoms. The molecule has 96 valence electrons. The van der Waals surface area contributed by atoms with Gasteiger partial charge in [0, 0.05) is 25.6 Å². The van der Waals surface area contributed by atoms with Gasteiger partial charge in [-0.1, -0.05) is 0 Å². The Hall–Kier alpha value is -1.10. The van der Waals surface area contributed by atoms with E-state index >= 15 is 0 Å². The Morgan fingerprint density at radius 3 is 2.59 bits per heavy atom. The number of ketones is 1. The molecule has 0 aromatic heterocycles. The molecule has 0 bridgehead atoms. The van der Waals surface area contributed by atoms with Crippen molar-refractivity contribution in [2.75, 3.05) is 13.1 Å². The summed E-state index contributed by atoms with van der Waals surface area (Å²) in [6, 6.07) is -0.0831. The molecule has 0 radical (unpaired) electrons. The van der Waals surface area contributed by atoms with Gasteiger partial charge in [-0.25, -0.2) is 4.79 Å². The van der Waals surface area contributed by atoms with Crippen molar-refractivity contribution in [3.63, 3.8) is 0 Å². The Morgan fingerprint density at radius 1 is 1.53 bits per heavy atom. The molecule has 2 rings (SSSR count). The van der Waals surface area contributed by atoms with E-state index in [-0.39, 0.29) is 17.9 Å². The van der Waals surface area contributed by atoms with Crippen molar-refractivity contribution in [2.24, 2.45) is 11.1 Å². The highest BCUT2D eigenvalue weighted by Gasteiger charge is 2.60. The number of carbonyl (C=O) groups excluding carboxylic acids is 2. The van der Waals surface area contributed by atoms with Crippen molar-refractivity contribution in [3.05, 3.63) is 0 Å². The maximum Gasteiger partial charge on any atom is 0.410 e.